The molecule has 0 N–H and O–H groups in total. The maximum Gasteiger partial charge on any atom is 0.118 e. The molecule has 2 aromatic rings. The molecule has 0 unspecified atom stereocenters. The molecule has 0 aromatic carbocycles. The summed E-state index contributed by atoms with van der Waals surface area (Å²) in [6.07, 6.45) is 3.34. The monoisotopic (exact) mass is 240 g/mol. The number of hydrogen-bond acceptors (Lipinski definition) is 3. The molecular weight excluding hydrogens is 236 g/mol. The topological polar surface area (TPSA) is 25.8 Å². The summed E-state index contributed by atoms with van der Waals surface area (Å²) in [6.45, 7) is 0. The van der Waals surface area contributed by atoms with Crippen molar-refractivity contribution in [3.63, 3.8) is 0 Å². The Hall–Kier alpha value is -0.740. The van der Waals surface area contributed by atoms with E-state index in [9.17, 15) is 0 Å². The molecule has 0 aliphatic rings. The second-order valence-corrected chi connectivity index (χ2v) is 3.90. The van der Waals surface area contributed by atoms with Crippen LogP contribution in [-0.4, -0.2) is 9.97 Å². The Morgan fingerprint density at radius 2 is 2.33 bits per heavy atom. The average Bonchev–Trinajstić information content (AvgIpc) is 2.57. The van der Waals surface area contributed by atoms with Crippen LogP contribution >= 0.6 is 27.3 Å². The van der Waals surface area contributed by atoms with Crippen LogP contribution in [0.1, 0.15) is 0 Å². The van der Waals surface area contributed by atoms with Crippen molar-refractivity contribution in [3.05, 3.63) is 34.6 Å². The maximum absolute atomic E-state index is 4.05. The van der Waals surface area contributed by atoms with E-state index in [4.69, 9.17) is 0 Å². The fraction of sp³-hybridized carbons (Fsp3) is 0. The third-order valence-corrected chi connectivity index (χ3v) is 2.99. The lowest BCUT2D eigenvalue weighted by Crippen LogP contribution is -1.82. The van der Waals surface area contributed by atoms with Crippen molar-refractivity contribution in [2.75, 3.05) is 0 Å². The highest BCUT2D eigenvalue weighted by Gasteiger charge is 2.03. The number of aromatic nitrogens is 2. The van der Waals surface area contributed by atoms with E-state index in [1.807, 2.05) is 23.7 Å². The van der Waals surface area contributed by atoms with Crippen LogP contribution < -0.4 is 0 Å². The molecule has 0 atom stereocenters. The van der Waals surface area contributed by atoms with Crippen LogP contribution in [0.2, 0.25) is 0 Å². The van der Waals surface area contributed by atoms with E-state index in [0.717, 1.165) is 10.2 Å². The van der Waals surface area contributed by atoms with E-state index in [-0.39, 0.29) is 0 Å². The number of hydrogen-bond donors (Lipinski definition) is 0. The largest absolute Gasteiger partial charge is 0.244 e. The summed E-state index contributed by atoms with van der Waals surface area (Å²) in [4.78, 5) is 9.20. The molecule has 4 heteroatoms. The number of thiophene rings is 1. The van der Waals surface area contributed by atoms with Crippen molar-refractivity contribution in [2.45, 2.75) is 0 Å². The van der Waals surface area contributed by atoms with Crippen molar-refractivity contribution in [1.82, 2.24) is 9.97 Å². The molecular formula is C8H5BrN2S. The molecule has 0 bridgehead atoms. The van der Waals surface area contributed by atoms with Crippen LogP contribution in [0.5, 0.6) is 0 Å². The lowest BCUT2D eigenvalue weighted by atomic mass is 10.3. The predicted octanol–water partition coefficient (Wildman–Crippen LogP) is 2.97. The molecule has 2 aromatic heterocycles. The molecule has 60 valence electrons. The maximum atomic E-state index is 4.05. The zero-order chi connectivity index (χ0) is 8.39. The van der Waals surface area contributed by atoms with Crippen molar-refractivity contribution >= 4 is 27.3 Å². The third kappa shape index (κ3) is 1.40. The third-order valence-electron chi connectivity index (χ3n) is 1.45. The van der Waals surface area contributed by atoms with E-state index in [1.54, 1.807) is 11.3 Å². The summed E-state index contributed by atoms with van der Waals surface area (Å²) in [5, 5.41) is 2.04. The minimum Gasteiger partial charge on any atom is -0.244 e. The summed E-state index contributed by atoms with van der Waals surface area (Å²) in [5.41, 5.74) is 1.05. The van der Waals surface area contributed by atoms with Gasteiger partial charge in [0.1, 0.15) is 10.9 Å². The van der Waals surface area contributed by atoms with Crippen molar-refractivity contribution < 1.29 is 0 Å². The Morgan fingerprint density at radius 1 is 1.42 bits per heavy atom. The van der Waals surface area contributed by atoms with E-state index >= 15 is 0 Å². The minimum absolute atomic E-state index is 0.847. The van der Waals surface area contributed by atoms with Crippen LogP contribution in [0.15, 0.2) is 34.6 Å². The second kappa shape index (κ2) is 3.33. The van der Waals surface area contributed by atoms with Crippen LogP contribution in [0.3, 0.4) is 0 Å². The van der Waals surface area contributed by atoms with Gasteiger partial charge in [-0.2, -0.15) is 0 Å². The first kappa shape index (κ1) is 7.89. The Kier molecular flexibility index (Phi) is 2.19. The van der Waals surface area contributed by atoms with Gasteiger partial charge in [0.25, 0.3) is 0 Å². The average molecular weight is 241 g/mol. The van der Waals surface area contributed by atoms with Crippen LogP contribution in [0.25, 0.3) is 10.4 Å². The van der Waals surface area contributed by atoms with Gasteiger partial charge in [0.05, 0.1) is 0 Å². The van der Waals surface area contributed by atoms with Gasteiger partial charge in [0.2, 0.25) is 0 Å². The first-order valence-corrected chi connectivity index (χ1v) is 5.04. The summed E-state index contributed by atoms with van der Waals surface area (Å²) in [5.74, 6) is 0. The molecule has 0 saturated carbocycles. The lowest BCUT2D eigenvalue weighted by molar-refractivity contribution is 1.14. The first-order chi connectivity index (χ1) is 5.88. The molecule has 2 rings (SSSR count). The summed E-state index contributed by atoms with van der Waals surface area (Å²) >= 11 is 5.05. The van der Waals surface area contributed by atoms with Gasteiger partial charge in [-0.15, -0.1) is 11.3 Å². The summed E-state index contributed by atoms with van der Waals surface area (Å²) in [7, 11) is 0. The van der Waals surface area contributed by atoms with Crippen LogP contribution in [0.4, 0.5) is 0 Å². The van der Waals surface area contributed by atoms with Gasteiger partial charge in [0.15, 0.2) is 0 Å². The van der Waals surface area contributed by atoms with Gasteiger partial charge in [-0.3, -0.25) is 0 Å². The molecule has 2 heterocycles. The molecule has 0 radical (unpaired) electrons. The van der Waals surface area contributed by atoms with E-state index in [2.05, 4.69) is 25.9 Å². The highest BCUT2D eigenvalue weighted by atomic mass is 79.9. The van der Waals surface area contributed by atoms with Gasteiger partial charge in [-0.1, -0.05) is 6.07 Å². The molecule has 2 nitrogen and oxygen atoms in total. The highest BCUT2D eigenvalue weighted by molar-refractivity contribution is 9.10. The Morgan fingerprint density at radius 3 is 3.00 bits per heavy atom. The van der Waals surface area contributed by atoms with Crippen LogP contribution in [0, 0.1) is 0 Å². The Bertz CT molecular complexity index is 372. The minimum atomic E-state index is 0.847. The van der Waals surface area contributed by atoms with Gasteiger partial charge in [0, 0.05) is 16.6 Å². The zero-order valence-corrected chi connectivity index (χ0v) is 8.47. The molecule has 0 fully saturated rings. The summed E-state index contributed by atoms with van der Waals surface area (Å²) < 4.78 is 0.847. The Balaban J connectivity index is 2.55. The Labute approximate surface area is 82.4 Å². The molecule has 0 saturated heterocycles. The van der Waals surface area contributed by atoms with Crippen molar-refractivity contribution in [1.29, 1.82) is 0 Å². The smallest absolute Gasteiger partial charge is 0.118 e. The van der Waals surface area contributed by atoms with E-state index < -0.39 is 0 Å². The number of rotatable bonds is 1. The second-order valence-electron chi connectivity index (χ2n) is 2.20. The fourth-order valence-corrected chi connectivity index (χ4v) is 2.19. The van der Waals surface area contributed by atoms with Gasteiger partial charge < -0.3 is 0 Å². The highest BCUT2D eigenvalue weighted by Crippen LogP contribution is 2.28. The zero-order valence-electron chi connectivity index (χ0n) is 6.07. The van der Waals surface area contributed by atoms with E-state index in [1.165, 1.54) is 11.2 Å². The molecule has 0 spiro atoms. The van der Waals surface area contributed by atoms with Gasteiger partial charge in [-0.25, -0.2) is 9.97 Å². The fourth-order valence-electron chi connectivity index (χ4n) is 0.912. The van der Waals surface area contributed by atoms with Crippen molar-refractivity contribution in [3.8, 4) is 10.4 Å². The lowest BCUT2D eigenvalue weighted by Gasteiger charge is -1.97. The quantitative estimate of drug-likeness (QED) is 0.717. The van der Waals surface area contributed by atoms with Gasteiger partial charge >= 0.3 is 0 Å². The molecule has 0 aliphatic heterocycles. The van der Waals surface area contributed by atoms with Crippen LogP contribution in [-0.2, 0) is 0 Å². The van der Waals surface area contributed by atoms with E-state index in [0.29, 0.717) is 0 Å². The van der Waals surface area contributed by atoms with Crippen molar-refractivity contribution in [2.24, 2.45) is 0 Å². The molecule has 0 aliphatic carbocycles. The number of halogens is 1. The molecule has 12 heavy (non-hydrogen) atoms. The standard InChI is InChI=1S/C8H5BrN2S/c9-8-6(4-10-5-11-8)7-2-1-3-12-7/h1-5H. The predicted molar refractivity (Wildman–Crippen MR) is 53.0 cm³/mol. The summed E-state index contributed by atoms with van der Waals surface area (Å²) in [6, 6.07) is 4.06. The SMILES string of the molecule is Brc1ncncc1-c1cccs1. The molecule has 0 amide bonds. The number of nitrogens with zero attached hydrogens (tertiary/aromatic N) is 2. The van der Waals surface area contributed by atoms with Gasteiger partial charge in [-0.05, 0) is 27.4 Å². The normalized spacial score (nSPS) is 10.1. The first-order valence-electron chi connectivity index (χ1n) is 3.37.